The normalized spacial score (nSPS) is 13.3. The maximum Gasteiger partial charge on any atom is 0.321 e. The molecule has 108 valence electrons. The summed E-state index contributed by atoms with van der Waals surface area (Å²) in [5.41, 5.74) is 5.66. The van der Waals surface area contributed by atoms with Gasteiger partial charge in [-0.05, 0) is 25.3 Å². The first-order valence-corrected chi connectivity index (χ1v) is 7.75. The summed E-state index contributed by atoms with van der Waals surface area (Å²) < 4.78 is 4.92. The van der Waals surface area contributed by atoms with Crippen LogP contribution in [0.3, 0.4) is 0 Å². The van der Waals surface area contributed by atoms with Crippen molar-refractivity contribution in [1.29, 1.82) is 0 Å². The number of hydrogen-bond donors (Lipinski definition) is 2. The van der Waals surface area contributed by atoms with Crippen LogP contribution in [0, 0.1) is 0 Å². The third-order valence-corrected chi connectivity index (χ3v) is 5.03. The molecule has 8 heteroatoms. The topological polar surface area (TPSA) is 102 Å². The predicted molar refractivity (Wildman–Crippen MR) is 78.6 cm³/mol. The zero-order valence-electron chi connectivity index (χ0n) is 11.1. The fourth-order valence-corrected chi connectivity index (χ4v) is 2.98. The molecule has 3 N–H and O–H groups in total. The minimum absolute atomic E-state index is 0.423. The van der Waals surface area contributed by atoms with Crippen molar-refractivity contribution in [2.24, 2.45) is 5.73 Å². The maximum absolute atomic E-state index is 10.9. The highest BCUT2D eigenvalue weighted by Crippen LogP contribution is 2.31. The second-order valence-corrected chi connectivity index (χ2v) is 7.26. The summed E-state index contributed by atoms with van der Waals surface area (Å²) >= 11 is 2.90. The first kappa shape index (κ1) is 15.0. The van der Waals surface area contributed by atoms with Gasteiger partial charge in [0.2, 0.25) is 5.89 Å². The van der Waals surface area contributed by atoms with Gasteiger partial charge in [-0.25, -0.2) is 0 Å². The minimum atomic E-state index is -1.02. The van der Waals surface area contributed by atoms with Crippen LogP contribution in [0.5, 0.6) is 0 Å². The van der Waals surface area contributed by atoms with Crippen LogP contribution in [0.25, 0.3) is 10.8 Å². The Morgan fingerprint density at radius 2 is 2.35 bits per heavy atom. The van der Waals surface area contributed by atoms with Gasteiger partial charge in [0.15, 0.2) is 0 Å². The fraction of sp³-hybridized carbons (Fsp3) is 0.417. The van der Waals surface area contributed by atoms with Gasteiger partial charge in [-0.15, -0.1) is 33.3 Å². The van der Waals surface area contributed by atoms with E-state index in [9.17, 15) is 4.79 Å². The molecule has 0 aromatic carbocycles. The van der Waals surface area contributed by atoms with Crippen molar-refractivity contribution >= 4 is 29.1 Å². The van der Waals surface area contributed by atoms with Crippen molar-refractivity contribution in [1.82, 2.24) is 10.2 Å². The Balaban J connectivity index is 2.00. The number of rotatable bonds is 6. The van der Waals surface area contributed by atoms with E-state index in [-0.39, 0.29) is 0 Å². The van der Waals surface area contributed by atoms with E-state index in [1.54, 1.807) is 13.8 Å². The molecule has 0 spiro atoms. The molecule has 1 atom stereocenters. The van der Waals surface area contributed by atoms with E-state index in [1.165, 1.54) is 23.1 Å². The van der Waals surface area contributed by atoms with Gasteiger partial charge in [-0.1, -0.05) is 6.07 Å². The molecule has 6 nitrogen and oxygen atoms in total. The number of thioether (sulfide) groups is 1. The molecule has 0 aliphatic rings. The van der Waals surface area contributed by atoms with Crippen molar-refractivity contribution in [3.63, 3.8) is 0 Å². The van der Waals surface area contributed by atoms with Gasteiger partial charge in [-0.3, -0.25) is 4.79 Å². The van der Waals surface area contributed by atoms with Gasteiger partial charge < -0.3 is 15.3 Å². The summed E-state index contributed by atoms with van der Waals surface area (Å²) in [5.74, 6) is 0.346. The van der Waals surface area contributed by atoms with Gasteiger partial charge >= 0.3 is 5.97 Å². The van der Waals surface area contributed by atoms with E-state index in [0.717, 1.165) is 4.88 Å². The Labute approximate surface area is 124 Å². The predicted octanol–water partition coefficient (Wildman–Crippen LogP) is 2.22. The Kier molecular flexibility index (Phi) is 4.46. The standard InChI is InChI=1S/C12H15N3O3S2/c1-12(2,9(13)11(16)17)20-6-8-14-15-10(18-8)7-4-3-5-19-7/h3-5,9H,6,13H2,1-2H3,(H,16,17)/t9-/m0/s1. The van der Waals surface area contributed by atoms with Crippen LogP contribution in [-0.4, -0.2) is 32.1 Å². The Hall–Kier alpha value is -1.38. The van der Waals surface area contributed by atoms with Gasteiger partial charge in [0.1, 0.15) is 6.04 Å². The fourth-order valence-electron chi connectivity index (χ4n) is 1.45. The quantitative estimate of drug-likeness (QED) is 0.843. The maximum atomic E-state index is 10.9. The first-order chi connectivity index (χ1) is 9.40. The molecule has 0 unspecified atom stereocenters. The SMILES string of the molecule is CC(C)(SCc1nnc(-c2cccs2)o1)[C@@H](N)C(=O)O. The second-order valence-electron chi connectivity index (χ2n) is 4.69. The van der Waals surface area contributed by atoms with E-state index >= 15 is 0 Å². The largest absolute Gasteiger partial charge is 0.480 e. The van der Waals surface area contributed by atoms with Crippen molar-refractivity contribution < 1.29 is 14.3 Å². The molecule has 0 radical (unpaired) electrons. The molecule has 0 saturated carbocycles. The summed E-state index contributed by atoms with van der Waals surface area (Å²) in [6.45, 7) is 3.57. The smallest absolute Gasteiger partial charge is 0.321 e. The number of hydrogen-bond acceptors (Lipinski definition) is 7. The lowest BCUT2D eigenvalue weighted by Crippen LogP contribution is -2.46. The number of carbonyl (C=O) groups is 1. The number of nitrogens with zero attached hydrogens (tertiary/aromatic N) is 2. The van der Waals surface area contributed by atoms with E-state index in [4.69, 9.17) is 15.3 Å². The molecule has 0 aliphatic heterocycles. The minimum Gasteiger partial charge on any atom is -0.480 e. The molecular formula is C12H15N3O3S2. The molecule has 0 amide bonds. The van der Waals surface area contributed by atoms with E-state index in [2.05, 4.69) is 10.2 Å². The monoisotopic (exact) mass is 313 g/mol. The lowest BCUT2D eigenvalue weighted by molar-refractivity contribution is -0.139. The lowest BCUT2D eigenvalue weighted by Gasteiger charge is -2.27. The summed E-state index contributed by atoms with van der Waals surface area (Å²) in [5, 5.41) is 18.8. The first-order valence-electron chi connectivity index (χ1n) is 5.89. The summed E-state index contributed by atoms with van der Waals surface area (Å²) in [7, 11) is 0. The Bertz CT molecular complexity index is 581. The number of nitrogens with two attached hydrogens (primary N) is 1. The van der Waals surface area contributed by atoms with Crippen LogP contribution in [0.2, 0.25) is 0 Å². The molecule has 0 fully saturated rings. The van der Waals surface area contributed by atoms with Crippen LogP contribution in [-0.2, 0) is 10.5 Å². The molecule has 2 aromatic rings. The van der Waals surface area contributed by atoms with Gasteiger partial charge in [-0.2, -0.15) is 0 Å². The molecule has 2 heterocycles. The molecule has 0 bridgehead atoms. The molecule has 20 heavy (non-hydrogen) atoms. The van der Waals surface area contributed by atoms with Crippen molar-refractivity contribution in [3.05, 3.63) is 23.4 Å². The zero-order chi connectivity index (χ0) is 14.8. The summed E-state index contributed by atoms with van der Waals surface area (Å²) in [4.78, 5) is 11.8. The van der Waals surface area contributed by atoms with Crippen molar-refractivity contribution in [2.75, 3.05) is 0 Å². The van der Waals surface area contributed by atoms with Gasteiger partial charge in [0, 0.05) is 4.75 Å². The van der Waals surface area contributed by atoms with Gasteiger partial charge in [0.25, 0.3) is 5.89 Å². The highest BCUT2D eigenvalue weighted by atomic mass is 32.2. The number of thiophene rings is 1. The Morgan fingerprint density at radius 1 is 1.60 bits per heavy atom. The zero-order valence-corrected chi connectivity index (χ0v) is 12.7. The molecular weight excluding hydrogens is 298 g/mol. The Morgan fingerprint density at radius 3 is 2.95 bits per heavy atom. The third kappa shape index (κ3) is 3.38. The van der Waals surface area contributed by atoms with E-state index in [0.29, 0.717) is 17.5 Å². The highest BCUT2D eigenvalue weighted by Gasteiger charge is 2.33. The van der Waals surface area contributed by atoms with Crippen LogP contribution in [0.15, 0.2) is 21.9 Å². The number of carboxylic acids is 1. The van der Waals surface area contributed by atoms with Crippen molar-refractivity contribution in [3.8, 4) is 10.8 Å². The highest BCUT2D eigenvalue weighted by molar-refractivity contribution is 7.99. The van der Waals surface area contributed by atoms with E-state index in [1.807, 2.05) is 17.5 Å². The molecule has 0 saturated heterocycles. The third-order valence-electron chi connectivity index (χ3n) is 2.78. The molecule has 2 rings (SSSR count). The number of aromatic nitrogens is 2. The average molecular weight is 313 g/mol. The lowest BCUT2D eigenvalue weighted by atomic mass is 10.1. The number of aliphatic carboxylic acids is 1. The average Bonchev–Trinajstić information content (AvgIpc) is 3.05. The number of carboxylic acid groups (broad SMARTS) is 1. The second kappa shape index (κ2) is 5.94. The van der Waals surface area contributed by atoms with Crippen molar-refractivity contribution in [2.45, 2.75) is 30.4 Å². The van der Waals surface area contributed by atoms with Crippen LogP contribution < -0.4 is 5.73 Å². The van der Waals surface area contributed by atoms with Crippen LogP contribution in [0.1, 0.15) is 19.7 Å². The molecule has 2 aromatic heterocycles. The van der Waals surface area contributed by atoms with Crippen LogP contribution >= 0.6 is 23.1 Å². The van der Waals surface area contributed by atoms with Gasteiger partial charge in [0.05, 0.1) is 10.6 Å². The summed E-state index contributed by atoms with van der Waals surface area (Å²) in [6.07, 6.45) is 0. The summed E-state index contributed by atoms with van der Waals surface area (Å²) in [6, 6.07) is 2.86. The van der Waals surface area contributed by atoms with E-state index < -0.39 is 16.8 Å². The van der Waals surface area contributed by atoms with Crippen LogP contribution in [0.4, 0.5) is 0 Å². The molecule has 0 aliphatic carbocycles.